The van der Waals surface area contributed by atoms with E-state index in [9.17, 15) is 9.90 Å². The summed E-state index contributed by atoms with van der Waals surface area (Å²) in [7, 11) is 0. The van der Waals surface area contributed by atoms with Gasteiger partial charge in [0.05, 0.1) is 11.7 Å². The normalized spacial score (nSPS) is 60.7. The number of hydrogen-bond donors (Lipinski definition) is 1. The molecule has 0 radical (unpaired) electrons. The molecule has 1 heterocycles. The summed E-state index contributed by atoms with van der Waals surface area (Å²) < 4.78 is 6.51. The standard InChI is InChI=1S/C31H48O3/c1-26(2)23-7-8-24-29(6)10-9-21(18-13-19-15-20(14-18)34-27(19,3)4)28(29,5)11-12-30(24)17-31(23,30)16-22(32)25(26)33/h18-21,23-25,33H,7-17H2,1-6H3/t18-,19-,20-,21+,23-,24-,25-,28+,29-,30-,31+/m0/s1. The van der Waals surface area contributed by atoms with E-state index in [1.54, 1.807) is 0 Å². The number of aliphatic hydroxyl groups is 1. The van der Waals surface area contributed by atoms with Gasteiger partial charge in [-0.05, 0) is 129 Å². The topological polar surface area (TPSA) is 46.5 Å². The molecule has 11 atom stereocenters. The highest BCUT2D eigenvalue weighted by Gasteiger charge is 2.83. The van der Waals surface area contributed by atoms with E-state index in [4.69, 9.17) is 4.74 Å². The number of ketones is 1. The van der Waals surface area contributed by atoms with Gasteiger partial charge in [0.15, 0.2) is 5.78 Å². The van der Waals surface area contributed by atoms with Gasteiger partial charge in [0.1, 0.15) is 6.10 Å². The summed E-state index contributed by atoms with van der Waals surface area (Å²) in [4.78, 5) is 13.1. The quantitative estimate of drug-likeness (QED) is 0.474. The van der Waals surface area contributed by atoms with Crippen molar-refractivity contribution in [2.24, 2.45) is 56.7 Å². The van der Waals surface area contributed by atoms with Gasteiger partial charge in [-0.2, -0.15) is 0 Å². The zero-order valence-corrected chi connectivity index (χ0v) is 22.6. The van der Waals surface area contributed by atoms with Crippen molar-refractivity contribution in [2.75, 3.05) is 0 Å². The molecule has 1 aliphatic heterocycles. The zero-order chi connectivity index (χ0) is 24.1. The third kappa shape index (κ3) is 2.37. The fraction of sp³-hybridized carbons (Fsp3) is 0.968. The number of rotatable bonds is 1. The first-order valence-corrected chi connectivity index (χ1v) is 14.7. The molecule has 3 nitrogen and oxygen atoms in total. The van der Waals surface area contributed by atoms with Gasteiger partial charge in [-0.3, -0.25) is 4.79 Å². The number of carbonyl (C=O) groups is 1. The summed E-state index contributed by atoms with van der Waals surface area (Å²) in [6.45, 7) is 14.4. The summed E-state index contributed by atoms with van der Waals surface area (Å²) in [6.07, 6.45) is 13.6. The molecule has 7 aliphatic rings. The monoisotopic (exact) mass is 468 g/mol. The number of hydrogen-bond acceptors (Lipinski definition) is 3. The van der Waals surface area contributed by atoms with Crippen LogP contribution in [0.4, 0.5) is 0 Å². The Bertz CT molecular complexity index is 937. The van der Waals surface area contributed by atoms with Crippen LogP contribution in [0.2, 0.25) is 0 Å². The number of fused-ring (bicyclic) bond motifs is 4. The van der Waals surface area contributed by atoms with E-state index in [-0.39, 0.29) is 22.2 Å². The fourth-order valence-electron chi connectivity index (χ4n) is 12.8. The first kappa shape index (κ1) is 22.8. The van der Waals surface area contributed by atoms with E-state index >= 15 is 0 Å². The smallest absolute Gasteiger partial charge is 0.162 e. The van der Waals surface area contributed by atoms with Crippen LogP contribution in [-0.2, 0) is 9.53 Å². The van der Waals surface area contributed by atoms with Crippen molar-refractivity contribution in [2.45, 2.75) is 130 Å². The van der Waals surface area contributed by atoms with Crippen LogP contribution in [0.25, 0.3) is 0 Å². The Kier molecular flexibility index (Phi) is 4.25. The van der Waals surface area contributed by atoms with Gasteiger partial charge in [-0.25, -0.2) is 0 Å². The van der Waals surface area contributed by atoms with Gasteiger partial charge in [0.2, 0.25) is 0 Å². The Balaban J connectivity index is 1.20. The second-order valence-electron chi connectivity index (χ2n) is 16.0. The van der Waals surface area contributed by atoms with Gasteiger partial charge in [0, 0.05) is 11.8 Å². The molecule has 7 rings (SSSR count). The van der Waals surface area contributed by atoms with Crippen LogP contribution >= 0.6 is 0 Å². The first-order chi connectivity index (χ1) is 15.8. The van der Waals surface area contributed by atoms with Gasteiger partial charge in [-0.1, -0.05) is 27.7 Å². The molecule has 6 saturated carbocycles. The molecular formula is C31H48O3. The maximum atomic E-state index is 13.1. The maximum Gasteiger partial charge on any atom is 0.162 e. The predicted molar refractivity (Wildman–Crippen MR) is 133 cm³/mol. The van der Waals surface area contributed by atoms with Crippen molar-refractivity contribution in [3.63, 3.8) is 0 Å². The second-order valence-corrected chi connectivity index (χ2v) is 16.0. The minimum Gasteiger partial charge on any atom is -0.385 e. The summed E-state index contributed by atoms with van der Waals surface area (Å²) in [5.41, 5.74) is 1.21. The Morgan fingerprint density at radius 2 is 1.56 bits per heavy atom. The Hall–Kier alpha value is -0.410. The molecule has 0 aromatic carbocycles. The van der Waals surface area contributed by atoms with Crippen LogP contribution in [0.5, 0.6) is 0 Å². The van der Waals surface area contributed by atoms with Crippen LogP contribution in [0.1, 0.15) is 112 Å². The number of Topliss-reactive ketones (excluding diaryl/α,β-unsaturated/α-hetero) is 1. The fourth-order valence-corrected chi connectivity index (χ4v) is 12.8. The Labute approximate surface area is 207 Å². The second kappa shape index (κ2) is 6.35. The molecule has 34 heavy (non-hydrogen) atoms. The van der Waals surface area contributed by atoms with Gasteiger partial charge >= 0.3 is 0 Å². The lowest BCUT2D eigenvalue weighted by Crippen LogP contribution is -2.59. The minimum absolute atomic E-state index is 0.0719. The van der Waals surface area contributed by atoms with Gasteiger partial charge in [0.25, 0.3) is 0 Å². The number of carbonyl (C=O) groups excluding carboxylic acids is 1. The maximum absolute atomic E-state index is 13.1. The Morgan fingerprint density at radius 3 is 2.29 bits per heavy atom. The summed E-state index contributed by atoms with van der Waals surface area (Å²) in [6, 6.07) is 0. The molecule has 2 bridgehead atoms. The molecule has 3 heteroatoms. The first-order valence-electron chi connectivity index (χ1n) is 14.7. The van der Waals surface area contributed by atoms with E-state index < -0.39 is 6.10 Å². The molecule has 0 aromatic rings. The van der Waals surface area contributed by atoms with E-state index in [2.05, 4.69) is 41.5 Å². The van der Waals surface area contributed by atoms with E-state index in [0.29, 0.717) is 34.7 Å². The predicted octanol–water partition coefficient (Wildman–Crippen LogP) is 6.56. The van der Waals surface area contributed by atoms with Crippen LogP contribution < -0.4 is 0 Å². The van der Waals surface area contributed by atoms with Crippen LogP contribution in [0.15, 0.2) is 0 Å². The van der Waals surface area contributed by atoms with Crippen LogP contribution in [-0.4, -0.2) is 28.7 Å². The average molecular weight is 469 g/mol. The molecule has 190 valence electrons. The molecule has 0 aromatic heterocycles. The highest BCUT2D eigenvalue weighted by Crippen LogP contribution is 2.89. The lowest BCUT2D eigenvalue weighted by atomic mass is 9.41. The van der Waals surface area contributed by atoms with E-state index in [1.165, 1.54) is 64.2 Å². The molecule has 1 N–H and O–H groups in total. The highest BCUT2D eigenvalue weighted by atomic mass is 16.5. The number of ether oxygens (including phenoxy) is 1. The average Bonchev–Trinajstić information content (AvgIpc) is 3.25. The Morgan fingerprint density at radius 1 is 0.824 bits per heavy atom. The lowest BCUT2D eigenvalue weighted by Gasteiger charge is -2.63. The van der Waals surface area contributed by atoms with Gasteiger partial charge in [-0.15, -0.1) is 0 Å². The van der Waals surface area contributed by atoms with Crippen molar-refractivity contribution in [3.05, 3.63) is 0 Å². The molecule has 2 spiro atoms. The molecule has 6 aliphatic carbocycles. The largest absolute Gasteiger partial charge is 0.385 e. The van der Waals surface area contributed by atoms with Crippen molar-refractivity contribution >= 4 is 5.78 Å². The molecule has 1 saturated heterocycles. The van der Waals surface area contributed by atoms with Crippen molar-refractivity contribution in [1.29, 1.82) is 0 Å². The third-order valence-electron chi connectivity index (χ3n) is 14.7. The number of aliphatic hydroxyl groups excluding tert-OH is 1. The van der Waals surface area contributed by atoms with E-state index in [0.717, 1.165) is 23.7 Å². The minimum atomic E-state index is -0.759. The third-order valence-corrected chi connectivity index (χ3v) is 14.7. The summed E-state index contributed by atoms with van der Waals surface area (Å²) in [5, 5.41) is 10.8. The summed E-state index contributed by atoms with van der Waals surface area (Å²) >= 11 is 0. The molecule has 7 fully saturated rings. The zero-order valence-electron chi connectivity index (χ0n) is 22.6. The van der Waals surface area contributed by atoms with Crippen LogP contribution in [0, 0.1) is 56.7 Å². The summed E-state index contributed by atoms with van der Waals surface area (Å²) in [5.74, 6) is 3.85. The molecule has 0 amide bonds. The van der Waals surface area contributed by atoms with Gasteiger partial charge < -0.3 is 9.84 Å². The lowest BCUT2D eigenvalue weighted by molar-refractivity contribution is -0.173. The molecular weight excluding hydrogens is 420 g/mol. The highest BCUT2D eigenvalue weighted by molar-refractivity contribution is 5.86. The SMILES string of the molecule is CC1(C)O[C@H]2C[C@@H]([C@H]3CC[C@@]4(C)[C@@H]5CC[C@H]6C(C)(C)[C@@H](O)C(=O)C[C@@]67C[C@@]57CC[C@]34C)C[C@H]1C2. The van der Waals surface area contributed by atoms with Crippen molar-refractivity contribution in [3.8, 4) is 0 Å². The van der Waals surface area contributed by atoms with Crippen molar-refractivity contribution in [1.82, 2.24) is 0 Å². The van der Waals surface area contributed by atoms with Crippen molar-refractivity contribution < 1.29 is 14.6 Å². The van der Waals surface area contributed by atoms with E-state index in [1.807, 2.05) is 0 Å². The van der Waals surface area contributed by atoms with Crippen LogP contribution in [0.3, 0.4) is 0 Å². The molecule has 0 unspecified atom stereocenters.